The van der Waals surface area contributed by atoms with E-state index in [0.717, 1.165) is 5.56 Å². The van der Waals surface area contributed by atoms with Gasteiger partial charge in [0.1, 0.15) is 17.1 Å². The van der Waals surface area contributed by atoms with Crippen molar-refractivity contribution < 1.29 is 14.3 Å². The van der Waals surface area contributed by atoms with Gasteiger partial charge in [0, 0.05) is 0 Å². The molecule has 0 amide bonds. The predicted octanol–water partition coefficient (Wildman–Crippen LogP) is 4.55. The van der Waals surface area contributed by atoms with E-state index < -0.39 is 0 Å². The average Bonchev–Trinajstić information content (AvgIpc) is 2.45. The summed E-state index contributed by atoms with van der Waals surface area (Å²) >= 11 is 12.2. The van der Waals surface area contributed by atoms with Gasteiger partial charge in [-0.25, -0.2) is 0 Å². The maximum Gasteiger partial charge on any atom is 0.203 e. The largest absolute Gasteiger partial charge is 0.496 e. The predicted molar refractivity (Wildman–Crippen MR) is 84.2 cm³/mol. The molecule has 0 spiro atoms. The smallest absolute Gasteiger partial charge is 0.203 e. The number of ketones is 1. The molecule has 110 valence electrons. The third-order valence-corrected chi connectivity index (χ3v) is 3.70. The first kappa shape index (κ1) is 15.7. The number of hydrogen-bond acceptors (Lipinski definition) is 3. The van der Waals surface area contributed by atoms with Crippen molar-refractivity contribution >= 4 is 29.0 Å². The van der Waals surface area contributed by atoms with Crippen LogP contribution < -0.4 is 9.47 Å². The fourth-order valence-corrected chi connectivity index (χ4v) is 2.68. The van der Waals surface area contributed by atoms with Gasteiger partial charge in [-0.2, -0.15) is 0 Å². The number of benzene rings is 2. The van der Waals surface area contributed by atoms with Crippen LogP contribution in [-0.2, 0) is 0 Å². The molecule has 0 aliphatic carbocycles. The zero-order valence-corrected chi connectivity index (χ0v) is 13.4. The SMILES string of the molecule is COc1cc(C)cc(OC)c1C(=O)c1c(Cl)cccc1Cl. The molecule has 2 aromatic carbocycles. The highest BCUT2D eigenvalue weighted by Gasteiger charge is 2.24. The summed E-state index contributed by atoms with van der Waals surface area (Å²) in [6, 6.07) is 8.45. The molecule has 0 bridgehead atoms. The molecule has 0 radical (unpaired) electrons. The lowest BCUT2D eigenvalue weighted by Gasteiger charge is -2.14. The second-order valence-electron chi connectivity index (χ2n) is 4.47. The Balaban J connectivity index is 2.68. The van der Waals surface area contributed by atoms with Crippen molar-refractivity contribution in [1.82, 2.24) is 0 Å². The van der Waals surface area contributed by atoms with E-state index in [0.29, 0.717) is 17.1 Å². The second kappa shape index (κ2) is 6.37. The fourth-order valence-electron chi connectivity index (χ4n) is 2.11. The monoisotopic (exact) mass is 324 g/mol. The van der Waals surface area contributed by atoms with Crippen LogP contribution in [0.5, 0.6) is 11.5 Å². The molecule has 21 heavy (non-hydrogen) atoms. The normalized spacial score (nSPS) is 10.3. The molecule has 0 atom stereocenters. The van der Waals surface area contributed by atoms with Gasteiger partial charge in [0.15, 0.2) is 0 Å². The van der Waals surface area contributed by atoms with Crippen molar-refractivity contribution in [2.75, 3.05) is 14.2 Å². The molecule has 3 nitrogen and oxygen atoms in total. The van der Waals surface area contributed by atoms with Gasteiger partial charge in [0.25, 0.3) is 0 Å². The van der Waals surface area contributed by atoms with E-state index in [1.54, 1.807) is 30.3 Å². The van der Waals surface area contributed by atoms with Crippen molar-refractivity contribution in [3.05, 3.63) is 57.1 Å². The summed E-state index contributed by atoms with van der Waals surface area (Å²) in [7, 11) is 3.00. The Bertz CT molecular complexity index is 651. The van der Waals surface area contributed by atoms with Crippen LogP contribution in [0.15, 0.2) is 30.3 Å². The first-order chi connectivity index (χ1) is 9.99. The Morgan fingerprint density at radius 2 is 1.43 bits per heavy atom. The van der Waals surface area contributed by atoms with Crippen LogP contribution >= 0.6 is 23.2 Å². The van der Waals surface area contributed by atoms with Gasteiger partial charge < -0.3 is 9.47 Å². The molecule has 0 saturated carbocycles. The average molecular weight is 325 g/mol. The molecule has 0 N–H and O–H groups in total. The van der Waals surface area contributed by atoms with Crippen LogP contribution in [0, 0.1) is 6.92 Å². The Morgan fingerprint density at radius 1 is 0.952 bits per heavy atom. The fraction of sp³-hybridized carbons (Fsp3) is 0.188. The molecule has 2 rings (SSSR count). The molecule has 2 aromatic rings. The molecule has 0 aromatic heterocycles. The molecule has 0 fully saturated rings. The first-order valence-electron chi connectivity index (χ1n) is 6.21. The standard InChI is InChI=1S/C16H14Cl2O3/c1-9-7-12(20-2)15(13(8-9)21-3)16(19)14-10(17)5-4-6-11(14)18/h4-8H,1-3H3. The maximum atomic E-state index is 12.8. The summed E-state index contributed by atoms with van der Waals surface area (Å²) in [5, 5.41) is 0.578. The van der Waals surface area contributed by atoms with Crippen LogP contribution in [0.3, 0.4) is 0 Å². The Kier molecular flexibility index (Phi) is 4.76. The summed E-state index contributed by atoms with van der Waals surface area (Å²) in [4.78, 5) is 12.8. The third-order valence-electron chi connectivity index (χ3n) is 3.07. The minimum absolute atomic E-state index is 0.237. The van der Waals surface area contributed by atoms with E-state index in [1.807, 2.05) is 6.92 Å². The lowest BCUT2D eigenvalue weighted by molar-refractivity contribution is 0.103. The topological polar surface area (TPSA) is 35.5 Å². The van der Waals surface area contributed by atoms with Crippen molar-refractivity contribution in [3.63, 3.8) is 0 Å². The van der Waals surface area contributed by atoms with Crippen LogP contribution in [0.4, 0.5) is 0 Å². The molecule has 0 aliphatic rings. The first-order valence-corrected chi connectivity index (χ1v) is 6.96. The molecule has 0 unspecified atom stereocenters. The van der Waals surface area contributed by atoms with Crippen molar-refractivity contribution in [1.29, 1.82) is 0 Å². The van der Waals surface area contributed by atoms with Crippen molar-refractivity contribution in [3.8, 4) is 11.5 Å². The zero-order valence-electron chi connectivity index (χ0n) is 11.9. The number of carbonyl (C=O) groups is 1. The summed E-state index contributed by atoms with van der Waals surface area (Å²) in [5.41, 5.74) is 1.47. The van der Waals surface area contributed by atoms with Crippen LogP contribution in [0.2, 0.25) is 10.0 Å². The van der Waals surface area contributed by atoms with Crippen molar-refractivity contribution in [2.45, 2.75) is 6.92 Å². The highest BCUT2D eigenvalue weighted by Crippen LogP contribution is 2.36. The van der Waals surface area contributed by atoms with E-state index in [-0.39, 0.29) is 21.4 Å². The maximum absolute atomic E-state index is 12.8. The van der Waals surface area contributed by atoms with Gasteiger partial charge in [-0.15, -0.1) is 0 Å². The Morgan fingerprint density at radius 3 is 1.86 bits per heavy atom. The number of methoxy groups -OCH3 is 2. The minimum Gasteiger partial charge on any atom is -0.496 e. The van der Waals surface area contributed by atoms with Crippen LogP contribution in [0.1, 0.15) is 21.5 Å². The summed E-state index contributed by atoms with van der Waals surface area (Å²) < 4.78 is 10.6. The molecule has 0 saturated heterocycles. The summed E-state index contributed by atoms with van der Waals surface area (Å²) in [6.07, 6.45) is 0. The molecule has 0 heterocycles. The quantitative estimate of drug-likeness (QED) is 0.774. The van der Waals surface area contributed by atoms with Crippen LogP contribution in [-0.4, -0.2) is 20.0 Å². The number of carbonyl (C=O) groups excluding carboxylic acids is 1. The second-order valence-corrected chi connectivity index (χ2v) is 5.28. The number of hydrogen-bond donors (Lipinski definition) is 0. The lowest BCUT2D eigenvalue weighted by Crippen LogP contribution is -2.08. The van der Waals surface area contributed by atoms with E-state index >= 15 is 0 Å². The lowest BCUT2D eigenvalue weighted by atomic mass is 9.99. The van der Waals surface area contributed by atoms with Gasteiger partial charge in [0.2, 0.25) is 5.78 Å². The number of ether oxygens (including phenoxy) is 2. The number of halogens is 2. The molecule has 5 heteroatoms. The molecule has 0 aliphatic heterocycles. The van der Waals surface area contributed by atoms with Gasteiger partial charge in [-0.1, -0.05) is 29.3 Å². The molecular weight excluding hydrogens is 311 g/mol. The van der Waals surface area contributed by atoms with E-state index in [4.69, 9.17) is 32.7 Å². The van der Waals surface area contributed by atoms with Crippen molar-refractivity contribution in [2.24, 2.45) is 0 Å². The van der Waals surface area contributed by atoms with Crippen LogP contribution in [0.25, 0.3) is 0 Å². The summed E-state index contributed by atoms with van der Waals surface area (Å²) in [5.74, 6) is 0.514. The number of aryl methyl sites for hydroxylation is 1. The summed E-state index contributed by atoms with van der Waals surface area (Å²) in [6.45, 7) is 1.89. The number of rotatable bonds is 4. The Hall–Kier alpha value is -1.71. The van der Waals surface area contributed by atoms with E-state index in [2.05, 4.69) is 0 Å². The highest BCUT2D eigenvalue weighted by molar-refractivity contribution is 6.41. The third kappa shape index (κ3) is 2.99. The van der Waals surface area contributed by atoms with Gasteiger partial charge in [-0.3, -0.25) is 4.79 Å². The van der Waals surface area contributed by atoms with Gasteiger partial charge in [-0.05, 0) is 36.8 Å². The zero-order chi connectivity index (χ0) is 15.6. The van der Waals surface area contributed by atoms with Gasteiger partial charge >= 0.3 is 0 Å². The van der Waals surface area contributed by atoms with E-state index in [1.165, 1.54) is 14.2 Å². The minimum atomic E-state index is -0.334. The highest BCUT2D eigenvalue weighted by atomic mass is 35.5. The van der Waals surface area contributed by atoms with Gasteiger partial charge in [0.05, 0.1) is 29.8 Å². The Labute approximate surface area is 133 Å². The van der Waals surface area contributed by atoms with E-state index in [9.17, 15) is 4.79 Å². The molecular formula is C16H14Cl2O3.